The van der Waals surface area contributed by atoms with Crippen molar-refractivity contribution in [3.63, 3.8) is 0 Å². The van der Waals surface area contributed by atoms with Crippen LogP contribution in [0, 0.1) is 0 Å². The molecular formula is C17H20N2O4. The number of anilines is 1. The summed E-state index contributed by atoms with van der Waals surface area (Å²) in [6.07, 6.45) is 3.27. The standard InChI is InChI=1S/C17H20N2O4/c1-11(20)19-9-6-12-10-13(4-5-14(12)19)15(21)18-17(16(22)23)7-2-3-8-17/h4-5,10H,2-3,6-9H2,1H3,(H,18,21)(H,22,23). The Bertz CT molecular complexity index is 677. The minimum absolute atomic E-state index is 0.0169. The quantitative estimate of drug-likeness (QED) is 0.889. The molecule has 0 saturated heterocycles. The number of nitrogens with zero attached hydrogens (tertiary/aromatic N) is 1. The Labute approximate surface area is 134 Å². The van der Waals surface area contributed by atoms with Crippen LogP contribution in [-0.2, 0) is 16.0 Å². The molecule has 1 aromatic carbocycles. The Kier molecular flexibility index (Phi) is 3.83. The van der Waals surface area contributed by atoms with E-state index in [1.165, 1.54) is 6.92 Å². The monoisotopic (exact) mass is 316 g/mol. The average Bonchev–Trinajstić information content (AvgIpc) is 3.13. The number of aliphatic carboxylic acids is 1. The van der Waals surface area contributed by atoms with E-state index in [-0.39, 0.29) is 11.8 Å². The van der Waals surface area contributed by atoms with E-state index in [1.54, 1.807) is 23.1 Å². The van der Waals surface area contributed by atoms with Gasteiger partial charge in [0.05, 0.1) is 0 Å². The van der Waals surface area contributed by atoms with Gasteiger partial charge < -0.3 is 15.3 Å². The molecule has 0 unspecified atom stereocenters. The maximum atomic E-state index is 12.5. The highest BCUT2D eigenvalue weighted by molar-refractivity contribution is 6.00. The molecule has 2 amide bonds. The summed E-state index contributed by atoms with van der Waals surface area (Å²) in [6.45, 7) is 2.14. The van der Waals surface area contributed by atoms with Gasteiger partial charge in [-0.15, -0.1) is 0 Å². The largest absolute Gasteiger partial charge is 0.480 e. The van der Waals surface area contributed by atoms with Crippen LogP contribution in [0.5, 0.6) is 0 Å². The molecule has 23 heavy (non-hydrogen) atoms. The molecule has 1 heterocycles. The summed E-state index contributed by atoms with van der Waals surface area (Å²) in [7, 11) is 0. The second-order valence-electron chi connectivity index (χ2n) is 6.31. The number of fused-ring (bicyclic) bond motifs is 1. The molecule has 1 saturated carbocycles. The fourth-order valence-corrected chi connectivity index (χ4v) is 3.53. The van der Waals surface area contributed by atoms with Gasteiger partial charge in [-0.3, -0.25) is 9.59 Å². The number of rotatable bonds is 3. The number of hydrogen-bond acceptors (Lipinski definition) is 3. The van der Waals surface area contributed by atoms with Crippen LogP contribution in [0.3, 0.4) is 0 Å². The molecule has 1 aliphatic heterocycles. The second-order valence-corrected chi connectivity index (χ2v) is 6.31. The third-order valence-electron chi connectivity index (χ3n) is 4.84. The molecule has 0 radical (unpaired) electrons. The van der Waals surface area contributed by atoms with Crippen molar-refractivity contribution in [2.75, 3.05) is 11.4 Å². The van der Waals surface area contributed by atoms with Crippen molar-refractivity contribution in [3.8, 4) is 0 Å². The first kappa shape index (κ1) is 15.5. The van der Waals surface area contributed by atoms with Gasteiger partial charge in [-0.05, 0) is 43.0 Å². The molecule has 0 aromatic heterocycles. The van der Waals surface area contributed by atoms with Gasteiger partial charge in [0.2, 0.25) is 5.91 Å². The Morgan fingerprint density at radius 2 is 1.91 bits per heavy atom. The first-order valence-corrected chi connectivity index (χ1v) is 7.90. The zero-order valence-corrected chi connectivity index (χ0v) is 13.1. The van der Waals surface area contributed by atoms with Gasteiger partial charge in [0, 0.05) is 24.7 Å². The molecule has 1 fully saturated rings. The topological polar surface area (TPSA) is 86.7 Å². The van der Waals surface area contributed by atoms with E-state index in [4.69, 9.17) is 0 Å². The molecule has 2 aliphatic rings. The minimum Gasteiger partial charge on any atom is -0.480 e. The maximum Gasteiger partial charge on any atom is 0.329 e. The molecule has 122 valence electrons. The minimum atomic E-state index is -1.14. The van der Waals surface area contributed by atoms with E-state index in [9.17, 15) is 19.5 Å². The predicted molar refractivity (Wildman–Crippen MR) is 84.5 cm³/mol. The lowest BCUT2D eigenvalue weighted by Gasteiger charge is -2.25. The van der Waals surface area contributed by atoms with Crippen LogP contribution >= 0.6 is 0 Å². The third kappa shape index (κ3) is 2.69. The number of benzene rings is 1. The molecule has 1 aliphatic carbocycles. The summed E-state index contributed by atoms with van der Waals surface area (Å²) in [5.74, 6) is -1.35. The highest BCUT2D eigenvalue weighted by Crippen LogP contribution is 2.32. The Balaban J connectivity index is 1.81. The Morgan fingerprint density at radius 1 is 1.22 bits per heavy atom. The third-order valence-corrected chi connectivity index (χ3v) is 4.84. The van der Waals surface area contributed by atoms with E-state index in [0.717, 1.165) is 24.1 Å². The predicted octanol–water partition coefficient (Wildman–Crippen LogP) is 1.72. The smallest absolute Gasteiger partial charge is 0.329 e. The lowest BCUT2D eigenvalue weighted by Crippen LogP contribution is -2.52. The van der Waals surface area contributed by atoms with Gasteiger partial charge in [0.25, 0.3) is 5.91 Å². The summed E-state index contributed by atoms with van der Waals surface area (Å²) < 4.78 is 0. The maximum absolute atomic E-state index is 12.5. The lowest BCUT2D eigenvalue weighted by atomic mass is 9.97. The highest BCUT2D eigenvalue weighted by atomic mass is 16.4. The van der Waals surface area contributed by atoms with E-state index in [0.29, 0.717) is 31.4 Å². The molecule has 1 aromatic rings. The van der Waals surface area contributed by atoms with Gasteiger partial charge >= 0.3 is 5.97 Å². The molecular weight excluding hydrogens is 296 g/mol. The van der Waals surface area contributed by atoms with Crippen molar-refractivity contribution in [1.29, 1.82) is 0 Å². The SMILES string of the molecule is CC(=O)N1CCc2cc(C(=O)NC3(C(=O)O)CCCC3)ccc21. The van der Waals surface area contributed by atoms with Gasteiger partial charge in [-0.2, -0.15) is 0 Å². The van der Waals surface area contributed by atoms with Crippen LogP contribution in [0.25, 0.3) is 0 Å². The van der Waals surface area contributed by atoms with Crippen LogP contribution < -0.4 is 10.2 Å². The molecule has 0 atom stereocenters. The number of amides is 2. The first-order chi connectivity index (χ1) is 10.9. The summed E-state index contributed by atoms with van der Waals surface area (Å²) in [4.78, 5) is 37.3. The average molecular weight is 316 g/mol. The highest BCUT2D eigenvalue weighted by Gasteiger charge is 2.42. The van der Waals surface area contributed by atoms with Gasteiger partial charge in [0.15, 0.2) is 0 Å². The lowest BCUT2D eigenvalue weighted by molar-refractivity contribution is -0.144. The van der Waals surface area contributed by atoms with Crippen molar-refractivity contribution >= 4 is 23.5 Å². The fourth-order valence-electron chi connectivity index (χ4n) is 3.53. The van der Waals surface area contributed by atoms with E-state index < -0.39 is 11.5 Å². The van der Waals surface area contributed by atoms with Crippen LogP contribution in [0.2, 0.25) is 0 Å². The van der Waals surface area contributed by atoms with E-state index in [1.807, 2.05) is 0 Å². The van der Waals surface area contributed by atoms with E-state index >= 15 is 0 Å². The molecule has 6 nitrogen and oxygen atoms in total. The zero-order valence-electron chi connectivity index (χ0n) is 13.1. The van der Waals surface area contributed by atoms with Crippen LogP contribution in [0.1, 0.15) is 48.5 Å². The van der Waals surface area contributed by atoms with Crippen molar-refractivity contribution in [1.82, 2.24) is 5.32 Å². The number of hydrogen-bond donors (Lipinski definition) is 2. The zero-order chi connectivity index (χ0) is 16.6. The Morgan fingerprint density at radius 3 is 2.52 bits per heavy atom. The summed E-state index contributed by atoms with van der Waals surface area (Å²) >= 11 is 0. The second kappa shape index (κ2) is 5.68. The molecule has 0 bridgehead atoms. The van der Waals surface area contributed by atoms with Crippen molar-refractivity contribution in [2.24, 2.45) is 0 Å². The molecule has 2 N–H and O–H groups in total. The Hall–Kier alpha value is -2.37. The van der Waals surface area contributed by atoms with Crippen molar-refractivity contribution in [2.45, 2.75) is 44.6 Å². The summed E-state index contributed by atoms with van der Waals surface area (Å²) in [5, 5.41) is 12.2. The number of carbonyl (C=O) groups excluding carboxylic acids is 2. The number of carbonyl (C=O) groups is 3. The van der Waals surface area contributed by atoms with Gasteiger partial charge in [0.1, 0.15) is 5.54 Å². The number of carboxylic acid groups (broad SMARTS) is 1. The van der Waals surface area contributed by atoms with Crippen LogP contribution in [0.15, 0.2) is 18.2 Å². The summed E-state index contributed by atoms with van der Waals surface area (Å²) in [6, 6.07) is 5.18. The fraction of sp³-hybridized carbons (Fsp3) is 0.471. The van der Waals surface area contributed by atoms with Gasteiger partial charge in [-0.25, -0.2) is 4.79 Å². The first-order valence-electron chi connectivity index (χ1n) is 7.90. The van der Waals surface area contributed by atoms with Crippen molar-refractivity contribution < 1.29 is 19.5 Å². The van der Waals surface area contributed by atoms with Crippen molar-refractivity contribution in [3.05, 3.63) is 29.3 Å². The summed E-state index contributed by atoms with van der Waals surface area (Å²) in [5.41, 5.74) is 1.09. The molecule has 6 heteroatoms. The normalized spacial score (nSPS) is 18.6. The van der Waals surface area contributed by atoms with Crippen LogP contribution in [0.4, 0.5) is 5.69 Å². The van der Waals surface area contributed by atoms with Crippen LogP contribution in [-0.4, -0.2) is 35.0 Å². The molecule has 0 spiro atoms. The van der Waals surface area contributed by atoms with E-state index in [2.05, 4.69) is 5.32 Å². The van der Waals surface area contributed by atoms with Gasteiger partial charge in [-0.1, -0.05) is 12.8 Å². The number of nitrogens with one attached hydrogen (secondary N) is 1. The number of carboxylic acids is 1. The molecule has 3 rings (SSSR count).